The minimum Gasteiger partial charge on any atom is -0.406 e. The van der Waals surface area contributed by atoms with Crippen molar-refractivity contribution in [2.75, 3.05) is 0 Å². The lowest BCUT2D eigenvalue weighted by molar-refractivity contribution is -0.274. The molecule has 1 fully saturated rings. The van der Waals surface area contributed by atoms with E-state index in [1.807, 2.05) is 0 Å². The number of halogens is 3. The molecule has 2 N–H and O–H groups in total. The van der Waals surface area contributed by atoms with Crippen LogP contribution in [0.5, 0.6) is 5.75 Å². The molecule has 1 saturated carbocycles. The van der Waals surface area contributed by atoms with Crippen LogP contribution in [0.1, 0.15) is 31.2 Å². The Hall–Kier alpha value is -1.27. The average Bonchev–Trinajstić information content (AvgIpc) is 2.36. The molecular formula is C14H18F3NO2. The van der Waals surface area contributed by atoms with Crippen LogP contribution in [-0.2, 0) is 6.54 Å². The third kappa shape index (κ3) is 4.68. The highest BCUT2D eigenvalue weighted by Gasteiger charge is 2.31. The molecule has 1 aliphatic carbocycles. The van der Waals surface area contributed by atoms with E-state index in [2.05, 4.69) is 10.1 Å². The normalized spacial score (nSPS) is 23.6. The molecule has 1 aliphatic rings. The van der Waals surface area contributed by atoms with Crippen LogP contribution in [0.4, 0.5) is 13.2 Å². The highest BCUT2D eigenvalue weighted by atomic mass is 19.4. The van der Waals surface area contributed by atoms with Gasteiger partial charge in [-0.2, -0.15) is 0 Å². The van der Waals surface area contributed by atoms with E-state index in [0.717, 1.165) is 25.7 Å². The number of hydrogen-bond acceptors (Lipinski definition) is 3. The molecule has 0 heterocycles. The molecule has 1 aromatic rings. The van der Waals surface area contributed by atoms with E-state index in [9.17, 15) is 18.3 Å². The molecule has 0 aromatic heterocycles. The zero-order valence-electron chi connectivity index (χ0n) is 11.0. The second-order valence-electron chi connectivity index (χ2n) is 5.03. The fraction of sp³-hybridized carbons (Fsp3) is 0.571. The summed E-state index contributed by atoms with van der Waals surface area (Å²) in [4.78, 5) is 0. The van der Waals surface area contributed by atoms with Crippen LogP contribution in [0.15, 0.2) is 24.3 Å². The molecule has 2 rings (SSSR count). The third-order valence-electron chi connectivity index (χ3n) is 3.43. The van der Waals surface area contributed by atoms with Crippen molar-refractivity contribution in [1.82, 2.24) is 5.32 Å². The molecule has 6 heteroatoms. The van der Waals surface area contributed by atoms with Gasteiger partial charge in [0.15, 0.2) is 0 Å². The Labute approximate surface area is 115 Å². The monoisotopic (exact) mass is 289 g/mol. The van der Waals surface area contributed by atoms with Crippen molar-refractivity contribution in [3.05, 3.63) is 29.8 Å². The predicted octanol–water partition coefficient (Wildman–Crippen LogP) is 2.98. The van der Waals surface area contributed by atoms with Gasteiger partial charge in [-0.1, -0.05) is 25.0 Å². The maximum Gasteiger partial charge on any atom is 0.573 e. The van der Waals surface area contributed by atoms with Gasteiger partial charge in [0.2, 0.25) is 0 Å². The van der Waals surface area contributed by atoms with Crippen LogP contribution in [0.2, 0.25) is 0 Å². The van der Waals surface area contributed by atoms with Crippen molar-refractivity contribution in [1.29, 1.82) is 0 Å². The first-order chi connectivity index (χ1) is 9.44. The van der Waals surface area contributed by atoms with Gasteiger partial charge in [-0.15, -0.1) is 13.2 Å². The first-order valence-corrected chi connectivity index (χ1v) is 6.70. The lowest BCUT2D eigenvalue weighted by Gasteiger charge is -2.28. The molecule has 0 radical (unpaired) electrons. The molecule has 1 aromatic carbocycles. The van der Waals surface area contributed by atoms with Gasteiger partial charge in [0.05, 0.1) is 6.10 Å². The van der Waals surface area contributed by atoms with Crippen LogP contribution >= 0.6 is 0 Å². The smallest absolute Gasteiger partial charge is 0.406 e. The van der Waals surface area contributed by atoms with Gasteiger partial charge in [-0.05, 0) is 30.5 Å². The van der Waals surface area contributed by atoms with Crippen molar-refractivity contribution < 1.29 is 23.0 Å². The van der Waals surface area contributed by atoms with E-state index in [-0.39, 0.29) is 17.9 Å². The zero-order chi connectivity index (χ0) is 14.6. The number of aliphatic hydroxyl groups excluding tert-OH is 1. The number of aliphatic hydroxyl groups is 1. The summed E-state index contributed by atoms with van der Waals surface area (Å²) < 4.78 is 40.3. The van der Waals surface area contributed by atoms with E-state index < -0.39 is 6.36 Å². The topological polar surface area (TPSA) is 41.5 Å². The molecule has 2 atom stereocenters. The lowest BCUT2D eigenvalue weighted by Crippen LogP contribution is -2.41. The van der Waals surface area contributed by atoms with Crippen LogP contribution in [0.3, 0.4) is 0 Å². The number of ether oxygens (including phenoxy) is 1. The largest absolute Gasteiger partial charge is 0.573 e. The number of alkyl halides is 3. The van der Waals surface area contributed by atoms with Gasteiger partial charge in [0, 0.05) is 12.6 Å². The van der Waals surface area contributed by atoms with Crippen molar-refractivity contribution in [3.63, 3.8) is 0 Å². The van der Waals surface area contributed by atoms with E-state index in [4.69, 9.17) is 0 Å². The minimum absolute atomic E-state index is 0.0101. The van der Waals surface area contributed by atoms with Crippen molar-refractivity contribution in [2.45, 2.75) is 50.7 Å². The van der Waals surface area contributed by atoms with E-state index >= 15 is 0 Å². The van der Waals surface area contributed by atoms with Gasteiger partial charge >= 0.3 is 6.36 Å². The van der Waals surface area contributed by atoms with Gasteiger partial charge in [-0.3, -0.25) is 0 Å². The van der Waals surface area contributed by atoms with Gasteiger partial charge in [-0.25, -0.2) is 0 Å². The van der Waals surface area contributed by atoms with Crippen LogP contribution in [-0.4, -0.2) is 23.6 Å². The second-order valence-corrected chi connectivity index (χ2v) is 5.03. The average molecular weight is 289 g/mol. The molecular weight excluding hydrogens is 271 g/mol. The second kappa shape index (κ2) is 6.45. The Bertz CT molecular complexity index is 437. The molecule has 0 aliphatic heterocycles. The lowest BCUT2D eigenvalue weighted by atomic mass is 9.92. The first kappa shape index (κ1) is 15.1. The summed E-state index contributed by atoms with van der Waals surface area (Å²) in [6.45, 7) is 0.413. The standard InChI is InChI=1S/C14H18F3NO2/c15-14(16,17)20-11-5-3-4-10(8-11)9-18-12-6-1-2-7-13(12)19/h3-5,8,12-13,18-19H,1-2,6-7,9H2. The summed E-state index contributed by atoms with van der Waals surface area (Å²) in [5, 5.41) is 13.0. The zero-order valence-corrected chi connectivity index (χ0v) is 11.0. The SMILES string of the molecule is OC1CCCCC1NCc1cccc(OC(F)(F)F)c1. The summed E-state index contributed by atoms with van der Waals surface area (Å²) in [6, 6.07) is 5.89. The Kier molecular flexibility index (Phi) is 4.88. The van der Waals surface area contributed by atoms with Crippen LogP contribution in [0.25, 0.3) is 0 Å². The molecule has 112 valence electrons. The van der Waals surface area contributed by atoms with Gasteiger partial charge < -0.3 is 15.2 Å². The Morgan fingerprint density at radius 3 is 2.70 bits per heavy atom. The predicted molar refractivity (Wildman–Crippen MR) is 68.2 cm³/mol. The summed E-state index contributed by atoms with van der Waals surface area (Å²) in [5.74, 6) is -0.221. The van der Waals surface area contributed by atoms with E-state index in [1.54, 1.807) is 6.07 Å². The van der Waals surface area contributed by atoms with E-state index in [0.29, 0.717) is 12.1 Å². The quantitative estimate of drug-likeness (QED) is 0.895. The maximum absolute atomic E-state index is 12.1. The fourth-order valence-electron chi connectivity index (χ4n) is 2.45. The fourth-order valence-corrected chi connectivity index (χ4v) is 2.45. The molecule has 2 unspecified atom stereocenters. The Balaban J connectivity index is 1.91. The Morgan fingerprint density at radius 2 is 2.00 bits per heavy atom. The highest BCUT2D eigenvalue weighted by molar-refractivity contribution is 5.28. The summed E-state index contributed by atoms with van der Waals surface area (Å²) >= 11 is 0. The number of benzene rings is 1. The molecule has 0 amide bonds. The summed E-state index contributed by atoms with van der Waals surface area (Å²) in [7, 11) is 0. The Morgan fingerprint density at radius 1 is 1.25 bits per heavy atom. The first-order valence-electron chi connectivity index (χ1n) is 6.70. The molecule has 0 saturated heterocycles. The number of nitrogens with one attached hydrogen (secondary N) is 1. The van der Waals surface area contributed by atoms with Crippen molar-refractivity contribution >= 4 is 0 Å². The van der Waals surface area contributed by atoms with Crippen LogP contribution in [0, 0.1) is 0 Å². The molecule has 20 heavy (non-hydrogen) atoms. The van der Waals surface area contributed by atoms with Gasteiger partial charge in [0.25, 0.3) is 0 Å². The molecule has 0 bridgehead atoms. The third-order valence-corrected chi connectivity index (χ3v) is 3.43. The summed E-state index contributed by atoms with van der Waals surface area (Å²) in [6.07, 6.45) is -1.31. The highest BCUT2D eigenvalue weighted by Crippen LogP contribution is 2.24. The molecule has 0 spiro atoms. The van der Waals surface area contributed by atoms with Crippen molar-refractivity contribution in [3.8, 4) is 5.75 Å². The number of rotatable bonds is 4. The maximum atomic E-state index is 12.1. The van der Waals surface area contributed by atoms with E-state index in [1.165, 1.54) is 18.2 Å². The van der Waals surface area contributed by atoms with Gasteiger partial charge in [0.1, 0.15) is 5.75 Å². The van der Waals surface area contributed by atoms with Crippen LogP contribution < -0.4 is 10.1 Å². The number of hydrogen-bond donors (Lipinski definition) is 2. The minimum atomic E-state index is -4.67. The summed E-state index contributed by atoms with van der Waals surface area (Å²) in [5.41, 5.74) is 0.699. The molecule has 3 nitrogen and oxygen atoms in total. The van der Waals surface area contributed by atoms with Crippen molar-refractivity contribution in [2.24, 2.45) is 0 Å².